The molecule has 66 valence electrons. The lowest BCUT2D eigenvalue weighted by molar-refractivity contribution is 0.220. The zero-order chi connectivity index (χ0) is 9.30. The van der Waals surface area contributed by atoms with Crippen LogP contribution in [0.5, 0.6) is 0 Å². The second-order valence-electron chi connectivity index (χ2n) is 2.85. The lowest BCUT2D eigenvalue weighted by Crippen LogP contribution is -1.95. The molecule has 3 heteroatoms. The Kier molecular flexibility index (Phi) is 2.94. The summed E-state index contributed by atoms with van der Waals surface area (Å²) >= 11 is 7.43. The Morgan fingerprint density at radius 2 is 2.33 bits per heavy atom. The number of rotatable bonds is 2. The Bertz CT molecular complexity index is 303. The zero-order valence-electron chi connectivity index (χ0n) is 7.10. The highest BCUT2D eigenvalue weighted by molar-refractivity contribution is 7.10. The number of aryl methyl sites for hydroxylation is 1. The van der Waals surface area contributed by atoms with Gasteiger partial charge in [-0.25, -0.2) is 0 Å². The molecule has 0 aliphatic carbocycles. The van der Waals surface area contributed by atoms with Crippen LogP contribution in [0.2, 0.25) is 5.02 Å². The molecule has 0 radical (unpaired) electrons. The molecule has 1 nitrogen and oxygen atoms in total. The van der Waals surface area contributed by atoms with E-state index >= 15 is 0 Å². The highest BCUT2D eigenvalue weighted by Gasteiger charge is 2.15. The first-order valence-electron chi connectivity index (χ1n) is 3.61. The van der Waals surface area contributed by atoms with Crippen molar-refractivity contribution in [3.05, 3.63) is 33.0 Å². The Hall–Kier alpha value is -0.310. The van der Waals surface area contributed by atoms with E-state index in [-0.39, 0.29) is 0 Å². The van der Waals surface area contributed by atoms with Gasteiger partial charge in [-0.05, 0) is 30.4 Å². The van der Waals surface area contributed by atoms with Crippen LogP contribution in [0.1, 0.15) is 23.5 Å². The minimum Gasteiger partial charge on any atom is -0.383 e. The number of hydrogen-bond donors (Lipinski definition) is 1. The average molecular weight is 203 g/mol. The molecule has 0 saturated carbocycles. The number of aliphatic hydroxyl groups is 1. The Morgan fingerprint density at radius 1 is 1.75 bits per heavy atom. The molecule has 1 N–H and O–H groups in total. The van der Waals surface area contributed by atoms with Crippen molar-refractivity contribution in [2.75, 3.05) is 0 Å². The monoisotopic (exact) mass is 202 g/mol. The molecule has 1 unspecified atom stereocenters. The smallest absolute Gasteiger partial charge is 0.110 e. The van der Waals surface area contributed by atoms with Gasteiger partial charge in [0.25, 0.3) is 0 Å². The number of halogens is 1. The number of hydrogen-bond acceptors (Lipinski definition) is 2. The molecule has 1 heterocycles. The van der Waals surface area contributed by atoms with Gasteiger partial charge < -0.3 is 5.11 Å². The van der Waals surface area contributed by atoms with Crippen LogP contribution in [0.4, 0.5) is 0 Å². The SMILES string of the molecule is C=C(C)C(O)c1scc(C)c1Cl. The van der Waals surface area contributed by atoms with Crippen LogP contribution < -0.4 is 0 Å². The molecule has 12 heavy (non-hydrogen) atoms. The summed E-state index contributed by atoms with van der Waals surface area (Å²) in [5.41, 5.74) is 1.73. The lowest BCUT2D eigenvalue weighted by Gasteiger charge is -2.07. The van der Waals surface area contributed by atoms with Crippen molar-refractivity contribution in [3.63, 3.8) is 0 Å². The summed E-state index contributed by atoms with van der Waals surface area (Å²) in [6.45, 7) is 7.39. The first kappa shape index (κ1) is 9.78. The second-order valence-corrected chi connectivity index (χ2v) is 4.14. The normalized spacial score (nSPS) is 13.0. The van der Waals surface area contributed by atoms with Crippen LogP contribution in [-0.2, 0) is 0 Å². The summed E-state index contributed by atoms with van der Waals surface area (Å²) in [6, 6.07) is 0. The molecule has 1 aromatic heterocycles. The minimum absolute atomic E-state index is 0.615. The van der Waals surface area contributed by atoms with Crippen LogP contribution >= 0.6 is 22.9 Å². The highest BCUT2D eigenvalue weighted by atomic mass is 35.5. The summed E-state index contributed by atoms with van der Waals surface area (Å²) in [4.78, 5) is 0.793. The van der Waals surface area contributed by atoms with Gasteiger partial charge >= 0.3 is 0 Å². The van der Waals surface area contributed by atoms with E-state index < -0.39 is 6.10 Å². The Morgan fingerprint density at radius 3 is 2.67 bits per heavy atom. The van der Waals surface area contributed by atoms with Crippen molar-refractivity contribution in [2.45, 2.75) is 20.0 Å². The van der Waals surface area contributed by atoms with E-state index in [1.165, 1.54) is 11.3 Å². The highest BCUT2D eigenvalue weighted by Crippen LogP contribution is 2.34. The molecular weight excluding hydrogens is 192 g/mol. The molecule has 0 aliphatic rings. The average Bonchev–Trinajstić information content (AvgIpc) is 2.32. The summed E-state index contributed by atoms with van der Waals surface area (Å²) < 4.78 is 0. The summed E-state index contributed by atoms with van der Waals surface area (Å²) in [5, 5.41) is 12.2. The molecule has 0 saturated heterocycles. The Balaban J connectivity index is 3.03. The van der Waals surface area contributed by atoms with Gasteiger partial charge in [0.15, 0.2) is 0 Å². The van der Waals surface area contributed by atoms with Crippen molar-refractivity contribution in [3.8, 4) is 0 Å². The van der Waals surface area contributed by atoms with Crippen molar-refractivity contribution >= 4 is 22.9 Å². The van der Waals surface area contributed by atoms with E-state index in [1.54, 1.807) is 6.92 Å². The maximum Gasteiger partial charge on any atom is 0.110 e. The van der Waals surface area contributed by atoms with Crippen molar-refractivity contribution < 1.29 is 5.11 Å². The molecule has 0 fully saturated rings. The van der Waals surface area contributed by atoms with Crippen LogP contribution in [0.15, 0.2) is 17.5 Å². The van der Waals surface area contributed by atoms with Crippen molar-refractivity contribution in [2.24, 2.45) is 0 Å². The lowest BCUT2D eigenvalue weighted by atomic mass is 10.1. The number of thiophene rings is 1. The van der Waals surface area contributed by atoms with Crippen LogP contribution in [0.3, 0.4) is 0 Å². The van der Waals surface area contributed by atoms with E-state index in [9.17, 15) is 5.11 Å². The molecular formula is C9H11ClOS. The third-order valence-corrected chi connectivity index (χ3v) is 3.41. The molecule has 0 bridgehead atoms. The fourth-order valence-corrected chi connectivity index (χ4v) is 2.23. The molecule has 0 aromatic carbocycles. The van der Waals surface area contributed by atoms with Crippen LogP contribution in [-0.4, -0.2) is 5.11 Å². The Labute approximate surface area is 81.3 Å². The predicted molar refractivity (Wildman–Crippen MR) is 53.8 cm³/mol. The van der Waals surface area contributed by atoms with E-state index in [2.05, 4.69) is 6.58 Å². The van der Waals surface area contributed by atoms with E-state index in [4.69, 9.17) is 11.6 Å². The zero-order valence-corrected chi connectivity index (χ0v) is 8.67. The minimum atomic E-state index is -0.615. The molecule has 0 aliphatic heterocycles. The molecule has 1 rings (SSSR count). The van der Waals surface area contributed by atoms with Gasteiger partial charge in [-0.3, -0.25) is 0 Å². The van der Waals surface area contributed by atoms with Crippen LogP contribution in [0.25, 0.3) is 0 Å². The van der Waals surface area contributed by atoms with Gasteiger partial charge in [0.05, 0.1) is 9.90 Å². The maximum atomic E-state index is 9.62. The van der Waals surface area contributed by atoms with Gasteiger partial charge in [-0.2, -0.15) is 0 Å². The van der Waals surface area contributed by atoms with Crippen molar-refractivity contribution in [1.82, 2.24) is 0 Å². The summed E-state index contributed by atoms with van der Waals surface area (Å²) in [5.74, 6) is 0. The van der Waals surface area contributed by atoms with E-state index in [1.807, 2.05) is 12.3 Å². The van der Waals surface area contributed by atoms with Crippen LogP contribution in [0, 0.1) is 6.92 Å². The molecule has 1 aromatic rings. The van der Waals surface area contributed by atoms with E-state index in [0.717, 1.165) is 16.0 Å². The maximum absolute atomic E-state index is 9.62. The van der Waals surface area contributed by atoms with Gasteiger partial charge in [0.2, 0.25) is 0 Å². The topological polar surface area (TPSA) is 20.2 Å². The fraction of sp³-hybridized carbons (Fsp3) is 0.333. The second kappa shape index (κ2) is 3.60. The molecule has 1 atom stereocenters. The standard InChI is InChI=1S/C9H11ClOS/c1-5(2)8(11)9-7(10)6(3)4-12-9/h4,8,11H,1H2,2-3H3. The first-order chi connectivity index (χ1) is 5.54. The third kappa shape index (κ3) is 1.71. The van der Waals surface area contributed by atoms with Gasteiger partial charge in [-0.15, -0.1) is 11.3 Å². The number of aliphatic hydroxyl groups excluding tert-OH is 1. The third-order valence-electron chi connectivity index (χ3n) is 1.64. The fourth-order valence-electron chi connectivity index (χ4n) is 0.858. The van der Waals surface area contributed by atoms with Gasteiger partial charge in [0.1, 0.15) is 6.10 Å². The largest absolute Gasteiger partial charge is 0.383 e. The molecule has 0 amide bonds. The van der Waals surface area contributed by atoms with Crippen molar-refractivity contribution in [1.29, 1.82) is 0 Å². The first-order valence-corrected chi connectivity index (χ1v) is 4.86. The van der Waals surface area contributed by atoms with Gasteiger partial charge in [-0.1, -0.05) is 18.2 Å². The van der Waals surface area contributed by atoms with Gasteiger partial charge in [0, 0.05) is 0 Å². The summed E-state index contributed by atoms with van der Waals surface area (Å²) in [6.07, 6.45) is -0.615. The molecule has 0 spiro atoms. The predicted octanol–water partition coefficient (Wildman–Crippen LogP) is 3.32. The van der Waals surface area contributed by atoms with E-state index in [0.29, 0.717) is 5.02 Å². The summed E-state index contributed by atoms with van der Waals surface area (Å²) in [7, 11) is 0. The quantitative estimate of drug-likeness (QED) is 0.730.